The first-order valence-corrected chi connectivity index (χ1v) is 5.91. The number of benzene rings is 1. The molecular weight excluding hydrogens is 275 g/mol. The Morgan fingerprint density at radius 3 is 2.00 bits per heavy atom. The van der Waals surface area contributed by atoms with E-state index in [2.05, 4.69) is 0 Å². The van der Waals surface area contributed by atoms with Gasteiger partial charge in [0.25, 0.3) is 0 Å². The maximum Gasteiger partial charge on any atom is 0.461 e. The normalized spacial score (nSPS) is 12.6. The summed E-state index contributed by atoms with van der Waals surface area (Å²) in [6.07, 6.45) is -5.87. The van der Waals surface area contributed by atoms with Crippen molar-refractivity contribution in [1.29, 1.82) is 0 Å². The van der Waals surface area contributed by atoms with Crippen molar-refractivity contribution < 1.29 is 26.7 Å². The summed E-state index contributed by atoms with van der Waals surface area (Å²) < 4.78 is 61.5. The van der Waals surface area contributed by atoms with Crippen LogP contribution < -0.4 is 0 Å². The molecule has 0 radical (unpaired) electrons. The molecular formula is C11H9F5OS. The number of Topliss-reactive ketones (excluding diaryl/α,β-unsaturated/α-hetero) is 1. The number of alkyl halides is 5. The number of halogens is 5. The van der Waals surface area contributed by atoms with Crippen LogP contribution in [0.15, 0.2) is 29.2 Å². The molecule has 0 aliphatic rings. The van der Waals surface area contributed by atoms with Crippen LogP contribution in [0.1, 0.15) is 17.3 Å². The fourth-order valence-corrected chi connectivity index (χ4v) is 1.84. The van der Waals surface area contributed by atoms with E-state index in [0.717, 1.165) is 17.9 Å². The van der Waals surface area contributed by atoms with Crippen LogP contribution in [0, 0.1) is 0 Å². The Labute approximate surface area is 104 Å². The Balaban J connectivity index is 2.98. The average molecular weight is 284 g/mol. The van der Waals surface area contributed by atoms with E-state index in [4.69, 9.17) is 0 Å². The Bertz CT molecular complexity index is 424. The highest BCUT2D eigenvalue weighted by Crippen LogP contribution is 2.38. The zero-order valence-corrected chi connectivity index (χ0v) is 10.0. The first kappa shape index (κ1) is 14.9. The van der Waals surface area contributed by atoms with Gasteiger partial charge in [0.15, 0.2) is 0 Å². The van der Waals surface area contributed by atoms with Crippen LogP contribution in [0.2, 0.25) is 0 Å². The predicted molar refractivity (Wildman–Crippen MR) is 58.2 cm³/mol. The van der Waals surface area contributed by atoms with E-state index in [1.165, 1.54) is 23.9 Å². The minimum Gasteiger partial charge on any atom is -0.287 e. The zero-order valence-electron chi connectivity index (χ0n) is 9.22. The number of rotatable bonds is 4. The lowest BCUT2D eigenvalue weighted by Gasteiger charge is -2.18. The van der Waals surface area contributed by atoms with Crippen LogP contribution in [0.3, 0.4) is 0 Å². The van der Waals surface area contributed by atoms with Crippen molar-refractivity contribution in [2.45, 2.75) is 23.9 Å². The molecule has 100 valence electrons. The molecule has 7 heteroatoms. The molecule has 0 atom stereocenters. The SMILES string of the molecule is CCSc1ccc(C(=O)C(F)(F)C(F)(F)F)cc1. The van der Waals surface area contributed by atoms with Crippen LogP contribution in [-0.2, 0) is 0 Å². The second kappa shape index (κ2) is 5.26. The van der Waals surface area contributed by atoms with Gasteiger partial charge in [-0.1, -0.05) is 19.1 Å². The van der Waals surface area contributed by atoms with Crippen molar-refractivity contribution >= 4 is 17.5 Å². The number of ketones is 1. The molecule has 0 aromatic heterocycles. The van der Waals surface area contributed by atoms with Gasteiger partial charge in [0.2, 0.25) is 5.78 Å². The summed E-state index contributed by atoms with van der Waals surface area (Å²) in [4.78, 5) is 11.8. The van der Waals surface area contributed by atoms with Gasteiger partial charge in [-0.25, -0.2) is 0 Å². The lowest BCUT2D eigenvalue weighted by molar-refractivity contribution is -0.255. The van der Waals surface area contributed by atoms with E-state index >= 15 is 0 Å². The molecule has 0 unspecified atom stereocenters. The molecule has 0 saturated carbocycles. The van der Waals surface area contributed by atoms with Crippen LogP contribution >= 0.6 is 11.8 Å². The minimum absolute atomic E-state index is 0.655. The highest BCUT2D eigenvalue weighted by atomic mass is 32.2. The summed E-state index contributed by atoms with van der Waals surface area (Å²) in [5.41, 5.74) is -0.655. The molecule has 0 heterocycles. The lowest BCUT2D eigenvalue weighted by atomic mass is 10.1. The molecule has 0 spiro atoms. The Hall–Kier alpha value is -1.11. The van der Waals surface area contributed by atoms with Crippen LogP contribution in [0.5, 0.6) is 0 Å². The first-order valence-electron chi connectivity index (χ1n) is 4.92. The average Bonchev–Trinajstić information content (AvgIpc) is 2.28. The van der Waals surface area contributed by atoms with Gasteiger partial charge in [-0.2, -0.15) is 22.0 Å². The van der Waals surface area contributed by atoms with Gasteiger partial charge in [0, 0.05) is 10.5 Å². The number of carbonyl (C=O) groups excluding carboxylic acids is 1. The highest BCUT2D eigenvalue weighted by molar-refractivity contribution is 7.99. The molecule has 18 heavy (non-hydrogen) atoms. The molecule has 1 rings (SSSR count). The minimum atomic E-state index is -5.87. The molecule has 0 amide bonds. The number of thioether (sulfide) groups is 1. The summed E-state index contributed by atoms with van der Waals surface area (Å²) in [5.74, 6) is -6.86. The van der Waals surface area contributed by atoms with E-state index in [1.807, 2.05) is 6.92 Å². The second-order valence-corrected chi connectivity index (χ2v) is 4.70. The number of carbonyl (C=O) groups is 1. The lowest BCUT2D eigenvalue weighted by Crippen LogP contribution is -2.44. The third-order valence-electron chi connectivity index (χ3n) is 2.07. The van der Waals surface area contributed by atoms with Crippen LogP contribution in [0.4, 0.5) is 22.0 Å². The third-order valence-corrected chi connectivity index (χ3v) is 2.96. The number of hydrogen-bond donors (Lipinski definition) is 0. The number of hydrogen-bond acceptors (Lipinski definition) is 2. The Kier molecular flexibility index (Phi) is 4.37. The van der Waals surface area contributed by atoms with Crippen molar-refractivity contribution in [2.24, 2.45) is 0 Å². The summed E-state index contributed by atoms with van der Waals surface area (Å²) in [5, 5.41) is 0. The van der Waals surface area contributed by atoms with Crippen molar-refractivity contribution in [3.8, 4) is 0 Å². The van der Waals surface area contributed by atoms with E-state index in [-0.39, 0.29) is 0 Å². The van der Waals surface area contributed by atoms with Crippen molar-refractivity contribution in [3.63, 3.8) is 0 Å². The maximum atomic E-state index is 12.8. The van der Waals surface area contributed by atoms with Crippen molar-refractivity contribution in [1.82, 2.24) is 0 Å². The quantitative estimate of drug-likeness (QED) is 0.469. The second-order valence-electron chi connectivity index (χ2n) is 3.36. The van der Waals surface area contributed by atoms with Gasteiger partial charge in [0.05, 0.1) is 0 Å². The molecule has 0 bridgehead atoms. The van der Waals surface area contributed by atoms with Crippen molar-refractivity contribution in [2.75, 3.05) is 5.75 Å². The molecule has 0 aliphatic carbocycles. The monoisotopic (exact) mass is 284 g/mol. The summed E-state index contributed by atoms with van der Waals surface area (Å²) in [6, 6.07) is 4.63. The fraction of sp³-hybridized carbons (Fsp3) is 0.364. The van der Waals surface area contributed by atoms with Gasteiger partial charge < -0.3 is 0 Å². The van der Waals surface area contributed by atoms with Crippen LogP contribution in [0.25, 0.3) is 0 Å². The van der Waals surface area contributed by atoms with Crippen molar-refractivity contribution in [3.05, 3.63) is 29.8 Å². The molecule has 1 nitrogen and oxygen atoms in total. The molecule has 0 saturated heterocycles. The fourth-order valence-electron chi connectivity index (χ4n) is 1.18. The smallest absolute Gasteiger partial charge is 0.287 e. The summed E-state index contributed by atoms with van der Waals surface area (Å²) in [6.45, 7) is 1.86. The molecule has 0 N–H and O–H groups in total. The molecule has 0 fully saturated rings. The van der Waals surface area contributed by atoms with E-state index in [0.29, 0.717) is 4.90 Å². The Morgan fingerprint density at radius 1 is 1.11 bits per heavy atom. The zero-order chi connectivity index (χ0) is 14.0. The molecule has 0 aliphatic heterocycles. The van der Waals surface area contributed by atoms with Gasteiger partial charge in [-0.05, 0) is 17.9 Å². The first-order chi connectivity index (χ1) is 8.20. The highest BCUT2D eigenvalue weighted by Gasteiger charge is 2.63. The summed E-state index contributed by atoms with van der Waals surface area (Å²) >= 11 is 1.39. The largest absolute Gasteiger partial charge is 0.461 e. The topological polar surface area (TPSA) is 17.1 Å². The maximum absolute atomic E-state index is 12.8. The van der Waals surface area contributed by atoms with E-state index in [1.54, 1.807) is 0 Å². The van der Waals surface area contributed by atoms with Gasteiger partial charge in [-0.15, -0.1) is 11.8 Å². The standard InChI is InChI=1S/C11H9F5OS/c1-2-18-8-5-3-7(4-6-8)9(17)10(12,13)11(14,15)16/h3-6H,2H2,1H3. The van der Waals surface area contributed by atoms with E-state index < -0.39 is 23.4 Å². The van der Waals surface area contributed by atoms with Gasteiger partial charge >= 0.3 is 12.1 Å². The molecule has 1 aromatic rings. The molecule has 1 aromatic carbocycles. The third kappa shape index (κ3) is 3.01. The van der Waals surface area contributed by atoms with Crippen LogP contribution in [-0.4, -0.2) is 23.6 Å². The predicted octanol–water partition coefficient (Wildman–Crippen LogP) is 4.18. The van der Waals surface area contributed by atoms with Gasteiger partial charge in [0.1, 0.15) is 0 Å². The Morgan fingerprint density at radius 2 is 1.61 bits per heavy atom. The van der Waals surface area contributed by atoms with Gasteiger partial charge in [-0.3, -0.25) is 4.79 Å². The summed E-state index contributed by atoms with van der Waals surface area (Å²) in [7, 11) is 0. The van der Waals surface area contributed by atoms with E-state index in [9.17, 15) is 26.7 Å².